The van der Waals surface area contributed by atoms with Crippen molar-refractivity contribution in [3.8, 4) is 0 Å². The third kappa shape index (κ3) is 4.67. The van der Waals surface area contributed by atoms with Gasteiger partial charge in [0.05, 0.1) is 26.2 Å². The molecule has 0 saturated heterocycles. The van der Waals surface area contributed by atoms with Crippen LogP contribution in [-0.4, -0.2) is 8.42 Å². The molecule has 0 unspecified atom stereocenters. The molecule has 12 heteroatoms. The first-order valence-corrected chi connectivity index (χ1v) is 8.75. The lowest BCUT2D eigenvalue weighted by Crippen LogP contribution is -2.16. The molecule has 0 aliphatic heterocycles. The number of rotatable bonds is 3. The van der Waals surface area contributed by atoms with E-state index in [0.717, 1.165) is 12.1 Å². The van der Waals surface area contributed by atoms with Crippen LogP contribution >= 0.6 is 15.9 Å². The summed E-state index contributed by atoms with van der Waals surface area (Å²) in [5, 5.41) is 0. The molecule has 3 nitrogen and oxygen atoms in total. The van der Waals surface area contributed by atoms with Crippen molar-refractivity contribution in [2.45, 2.75) is 17.2 Å². The number of alkyl halides is 6. The quantitative estimate of drug-likeness (QED) is 0.614. The second-order valence-electron chi connectivity index (χ2n) is 4.98. The fraction of sp³-hybridized carbons (Fsp3) is 0.143. The van der Waals surface area contributed by atoms with Crippen molar-refractivity contribution in [1.82, 2.24) is 0 Å². The minimum Gasteiger partial charge on any atom is -0.280 e. The Morgan fingerprint density at radius 2 is 1.35 bits per heavy atom. The lowest BCUT2D eigenvalue weighted by atomic mass is 10.1. The molecule has 0 atom stereocenters. The lowest BCUT2D eigenvalue weighted by molar-refractivity contribution is -0.143. The molecule has 0 bridgehead atoms. The van der Waals surface area contributed by atoms with Crippen LogP contribution in [0.5, 0.6) is 0 Å². The first-order valence-electron chi connectivity index (χ1n) is 6.47. The van der Waals surface area contributed by atoms with Crippen molar-refractivity contribution in [2.75, 3.05) is 4.72 Å². The maximum Gasteiger partial charge on any atom is 0.416 e. The summed E-state index contributed by atoms with van der Waals surface area (Å²) in [6, 6.07) is 2.79. The van der Waals surface area contributed by atoms with Crippen molar-refractivity contribution in [2.24, 2.45) is 0 Å². The molecule has 0 amide bonds. The van der Waals surface area contributed by atoms with Gasteiger partial charge in [0, 0.05) is 0 Å². The third-order valence-corrected chi connectivity index (χ3v) is 5.06. The smallest absolute Gasteiger partial charge is 0.280 e. The molecule has 2 rings (SSSR count). The highest BCUT2D eigenvalue weighted by Crippen LogP contribution is 2.38. The van der Waals surface area contributed by atoms with Gasteiger partial charge in [0.15, 0.2) is 0 Å². The zero-order valence-electron chi connectivity index (χ0n) is 12.2. The minimum absolute atomic E-state index is 0.0742. The molecule has 0 spiro atoms. The normalized spacial score (nSPS) is 12.9. The number of sulfonamides is 1. The van der Waals surface area contributed by atoms with E-state index in [-0.39, 0.29) is 22.7 Å². The number of hydrogen-bond acceptors (Lipinski definition) is 2. The highest BCUT2D eigenvalue weighted by Gasteiger charge is 2.37. The van der Waals surface area contributed by atoms with E-state index in [4.69, 9.17) is 0 Å². The van der Waals surface area contributed by atoms with E-state index in [2.05, 4.69) is 15.9 Å². The fourth-order valence-corrected chi connectivity index (χ4v) is 3.17. The summed E-state index contributed by atoms with van der Waals surface area (Å²) in [5.41, 5.74) is -4.34. The Balaban J connectivity index is 2.52. The van der Waals surface area contributed by atoms with Gasteiger partial charge in [-0.15, -0.1) is 0 Å². The van der Waals surface area contributed by atoms with E-state index in [1.54, 1.807) is 4.72 Å². The Hall–Kier alpha value is -1.82. The molecule has 0 saturated carbocycles. The number of benzene rings is 2. The lowest BCUT2D eigenvalue weighted by Gasteiger charge is -2.15. The van der Waals surface area contributed by atoms with Gasteiger partial charge < -0.3 is 0 Å². The van der Waals surface area contributed by atoms with E-state index in [9.17, 15) is 39.2 Å². The monoisotopic (exact) mass is 465 g/mol. The van der Waals surface area contributed by atoms with Crippen LogP contribution < -0.4 is 4.72 Å². The highest BCUT2D eigenvalue weighted by molar-refractivity contribution is 9.10. The first kappa shape index (κ1) is 20.5. The maximum absolute atomic E-state index is 13.5. The Morgan fingerprint density at radius 1 is 0.846 bits per heavy atom. The van der Waals surface area contributed by atoms with E-state index in [1.165, 1.54) is 0 Å². The summed E-state index contributed by atoms with van der Waals surface area (Å²) in [4.78, 5) is -0.677. The van der Waals surface area contributed by atoms with Crippen molar-refractivity contribution in [3.63, 3.8) is 0 Å². The van der Waals surface area contributed by atoms with Gasteiger partial charge in [-0.1, -0.05) is 0 Å². The number of halogens is 8. The largest absolute Gasteiger partial charge is 0.416 e. The third-order valence-electron chi connectivity index (χ3n) is 3.04. The van der Waals surface area contributed by atoms with Gasteiger partial charge in [-0.25, -0.2) is 12.8 Å². The number of hydrogen-bond donors (Lipinski definition) is 1. The molecule has 0 aliphatic carbocycles. The summed E-state index contributed by atoms with van der Waals surface area (Å²) < 4.78 is 116. The van der Waals surface area contributed by atoms with Gasteiger partial charge in [0.2, 0.25) is 0 Å². The molecule has 26 heavy (non-hydrogen) atoms. The summed E-state index contributed by atoms with van der Waals surface area (Å²) in [7, 11) is -4.62. The van der Waals surface area contributed by atoms with E-state index >= 15 is 0 Å². The summed E-state index contributed by atoms with van der Waals surface area (Å²) in [6.07, 6.45) is -10.3. The SMILES string of the molecule is O=S(=O)(Nc1cc(C(F)(F)F)cc(C(F)(F)F)c1)c1ccc(Br)c(F)c1. The Morgan fingerprint density at radius 3 is 1.77 bits per heavy atom. The van der Waals surface area contributed by atoms with Crippen LogP contribution in [0.15, 0.2) is 45.8 Å². The second kappa shape index (κ2) is 6.72. The molecule has 0 aliphatic rings. The number of nitrogens with one attached hydrogen (secondary N) is 1. The summed E-state index contributed by atoms with van der Waals surface area (Å²) in [5.74, 6) is -0.979. The zero-order chi connectivity index (χ0) is 19.9. The van der Waals surface area contributed by atoms with Gasteiger partial charge >= 0.3 is 12.4 Å². The van der Waals surface area contributed by atoms with Crippen LogP contribution in [0.1, 0.15) is 11.1 Å². The predicted octanol–water partition coefficient (Wildman–Crippen LogP) is 5.43. The zero-order valence-corrected chi connectivity index (χ0v) is 14.6. The van der Waals surface area contributed by atoms with Crippen LogP contribution in [0.25, 0.3) is 0 Å². The molecule has 2 aromatic carbocycles. The van der Waals surface area contributed by atoms with Crippen molar-refractivity contribution >= 4 is 31.6 Å². The van der Waals surface area contributed by atoms with E-state index in [1.807, 2.05) is 0 Å². The van der Waals surface area contributed by atoms with Gasteiger partial charge in [-0.2, -0.15) is 26.3 Å². The van der Waals surface area contributed by atoms with E-state index in [0.29, 0.717) is 6.07 Å². The van der Waals surface area contributed by atoms with Crippen LogP contribution in [-0.2, 0) is 22.4 Å². The Kier molecular flexibility index (Phi) is 5.30. The number of anilines is 1. The van der Waals surface area contributed by atoms with Crippen molar-refractivity contribution < 1.29 is 39.2 Å². The first-order chi connectivity index (χ1) is 11.7. The van der Waals surface area contributed by atoms with E-state index < -0.39 is 49.9 Å². The molecule has 2 aromatic rings. The van der Waals surface area contributed by atoms with Gasteiger partial charge in [-0.05, 0) is 52.3 Å². The van der Waals surface area contributed by atoms with Crippen LogP contribution in [0, 0.1) is 5.82 Å². The topological polar surface area (TPSA) is 46.2 Å². The molecular weight excluding hydrogens is 459 g/mol. The van der Waals surface area contributed by atoms with Crippen molar-refractivity contribution in [1.29, 1.82) is 0 Å². The van der Waals surface area contributed by atoms with Gasteiger partial charge in [0.25, 0.3) is 10.0 Å². The second-order valence-corrected chi connectivity index (χ2v) is 7.51. The summed E-state index contributed by atoms with van der Waals surface area (Å²) >= 11 is 2.79. The molecule has 0 fully saturated rings. The summed E-state index contributed by atoms with van der Waals surface area (Å²) in [6.45, 7) is 0. The average Bonchev–Trinajstić information content (AvgIpc) is 2.47. The molecule has 142 valence electrons. The Labute approximate surface area is 151 Å². The van der Waals surface area contributed by atoms with Crippen LogP contribution in [0.2, 0.25) is 0 Å². The van der Waals surface area contributed by atoms with Crippen LogP contribution in [0.3, 0.4) is 0 Å². The minimum atomic E-state index is -5.13. The predicted molar refractivity (Wildman–Crippen MR) is 81.4 cm³/mol. The molecule has 1 N–H and O–H groups in total. The molecular formula is C14H7BrF7NO2S. The maximum atomic E-state index is 13.5. The van der Waals surface area contributed by atoms with Crippen molar-refractivity contribution in [3.05, 3.63) is 57.8 Å². The van der Waals surface area contributed by atoms with Crippen LogP contribution in [0.4, 0.5) is 36.4 Å². The average molecular weight is 466 g/mol. The molecule has 0 radical (unpaired) electrons. The standard InChI is InChI=1S/C14H7BrF7NO2S/c15-11-2-1-10(6-12(11)16)26(24,25)23-9-4-7(13(17,18)19)3-8(5-9)14(20,21)22/h1-6,23H. The van der Waals surface area contributed by atoms with Gasteiger partial charge in [-0.3, -0.25) is 4.72 Å². The van der Waals surface area contributed by atoms with Gasteiger partial charge in [0.1, 0.15) is 5.82 Å². The fourth-order valence-electron chi connectivity index (χ4n) is 1.87. The molecule has 0 aromatic heterocycles. The highest BCUT2D eigenvalue weighted by atomic mass is 79.9. The molecule has 0 heterocycles. The Bertz CT molecular complexity index is 907.